The Morgan fingerprint density at radius 3 is 2.40 bits per heavy atom. The predicted molar refractivity (Wildman–Crippen MR) is 100 cm³/mol. The van der Waals surface area contributed by atoms with Crippen molar-refractivity contribution < 1.29 is 9.30 Å². The molecule has 0 atom stereocenters. The highest BCUT2D eigenvalue weighted by molar-refractivity contribution is 5.58. The van der Waals surface area contributed by atoms with E-state index in [0.29, 0.717) is 0 Å². The van der Waals surface area contributed by atoms with E-state index in [1.807, 2.05) is 12.1 Å². The van der Waals surface area contributed by atoms with Crippen LogP contribution in [0.2, 0.25) is 0 Å². The maximum Gasteiger partial charge on any atom is 0.262 e. The summed E-state index contributed by atoms with van der Waals surface area (Å²) in [6, 6.07) is 17.2. The van der Waals surface area contributed by atoms with Gasteiger partial charge in [0.1, 0.15) is 17.6 Å². The van der Waals surface area contributed by atoms with Crippen LogP contribution in [0.3, 0.4) is 0 Å². The second kappa shape index (κ2) is 6.75. The average Bonchev–Trinajstić information content (AvgIpc) is 2.84. The van der Waals surface area contributed by atoms with E-state index in [9.17, 15) is 0 Å². The second-order valence-electron chi connectivity index (χ2n) is 6.83. The third-order valence-electron chi connectivity index (χ3n) is 5.11. The smallest absolute Gasteiger partial charge is 0.262 e. The van der Waals surface area contributed by atoms with Crippen LogP contribution in [0.5, 0.6) is 5.75 Å². The van der Waals surface area contributed by atoms with E-state index in [4.69, 9.17) is 4.74 Å². The Kier molecular flexibility index (Phi) is 4.31. The highest BCUT2D eigenvalue weighted by atomic mass is 16.5. The number of hydrogen-bond acceptors (Lipinski definition) is 1. The molecule has 1 aliphatic heterocycles. The molecule has 25 heavy (non-hydrogen) atoms. The van der Waals surface area contributed by atoms with E-state index in [0.717, 1.165) is 18.7 Å². The van der Waals surface area contributed by atoms with E-state index >= 15 is 0 Å². The molecular weight excluding hydrogens is 308 g/mol. The highest BCUT2D eigenvalue weighted by Crippen LogP contribution is 2.25. The Bertz CT molecular complexity index is 860. The molecule has 0 radical (unpaired) electrons. The number of aromatic nitrogens is 2. The summed E-state index contributed by atoms with van der Waals surface area (Å²) >= 11 is 0. The third kappa shape index (κ3) is 3.07. The van der Waals surface area contributed by atoms with Crippen LogP contribution >= 0.6 is 0 Å². The van der Waals surface area contributed by atoms with Crippen LogP contribution in [0.15, 0.2) is 54.7 Å². The predicted octanol–water partition coefficient (Wildman–Crippen LogP) is 4.48. The van der Waals surface area contributed by atoms with Crippen LogP contribution in [0.4, 0.5) is 0 Å². The van der Waals surface area contributed by atoms with Gasteiger partial charge < -0.3 is 4.74 Å². The van der Waals surface area contributed by atoms with Gasteiger partial charge in [-0.15, -0.1) is 0 Å². The van der Waals surface area contributed by atoms with E-state index in [-0.39, 0.29) is 0 Å². The van der Waals surface area contributed by atoms with Gasteiger partial charge >= 0.3 is 0 Å². The van der Waals surface area contributed by atoms with Gasteiger partial charge in [0.15, 0.2) is 5.69 Å². The van der Waals surface area contributed by atoms with Gasteiger partial charge in [-0.25, -0.2) is 4.57 Å². The second-order valence-corrected chi connectivity index (χ2v) is 6.83. The molecule has 0 aliphatic carbocycles. The van der Waals surface area contributed by atoms with Crippen LogP contribution in [0.25, 0.3) is 16.9 Å². The molecule has 4 rings (SSSR count). The summed E-state index contributed by atoms with van der Waals surface area (Å²) in [6.45, 7) is 3.23. The van der Waals surface area contributed by atoms with E-state index in [1.54, 1.807) is 7.11 Å². The minimum Gasteiger partial charge on any atom is -0.497 e. The third-order valence-corrected chi connectivity index (χ3v) is 5.11. The zero-order valence-electron chi connectivity index (χ0n) is 15.0. The maximum atomic E-state index is 5.31. The molecule has 1 aliphatic rings. The number of fused-ring (bicyclic) bond motifs is 1. The van der Waals surface area contributed by atoms with Crippen molar-refractivity contribution in [3.05, 3.63) is 66.1 Å². The lowest BCUT2D eigenvalue weighted by Crippen LogP contribution is -2.38. The Morgan fingerprint density at radius 2 is 1.68 bits per heavy atom. The molecule has 3 nitrogen and oxygen atoms in total. The molecule has 0 saturated carbocycles. The lowest BCUT2D eigenvalue weighted by Gasteiger charge is -2.04. The van der Waals surface area contributed by atoms with Gasteiger partial charge in [-0.3, -0.25) is 0 Å². The molecular formula is C22H25N2O+. The zero-order valence-corrected chi connectivity index (χ0v) is 15.0. The molecule has 3 aromatic rings. The van der Waals surface area contributed by atoms with E-state index < -0.39 is 0 Å². The summed E-state index contributed by atoms with van der Waals surface area (Å²) in [7, 11) is 1.71. The fourth-order valence-corrected chi connectivity index (χ4v) is 3.69. The number of benzene rings is 2. The van der Waals surface area contributed by atoms with Crippen molar-refractivity contribution >= 4 is 0 Å². The maximum absolute atomic E-state index is 5.31. The molecule has 0 N–H and O–H groups in total. The molecule has 0 saturated heterocycles. The lowest BCUT2D eigenvalue weighted by atomic mass is 10.1. The molecule has 3 heteroatoms. The Balaban J connectivity index is 1.85. The molecule has 0 bridgehead atoms. The number of hydrogen-bond donors (Lipinski definition) is 0. The van der Waals surface area contributed by atoms with Crippen LogP contribution in [-0.2, 0) is 13.0 Å². The normalized spacial score (nSPS) is 14.0. The van der Waals surface area contributed by atoms with Crippen molar-refractivity contribution in [3.8, 4) is 22.7 Å². The van der Waals surface area contributed by atoms with Gasteiger partial charge in [0.05, 0.1) is 13.7 Å². The molecule has 128 valence electrons. The summed E-state index contributed by atoms with van der Waals surface area (Å²) in [6.07, 6.45) is 7.24. The standard InChI is InChI=1S/C22H25N2O/c1-17-7-11-19(12-8-17)24-16-21(18-9-13-20(25-2)14-10-18)23-15-5-3-4-6-22(23)24/h7-14,16H,3-6,15H2,1-2H3/q+1. The fourth-order valence-electron chi connectivity index (χ4n) is 3.69. The largest absolute Gasteiger partial charge is 0.497 e. The van der Waals surface area contributed by atoms with Crippen molar-refractivity contribution in [3.63, 3.8) is 0 Å². The van der Waals surface area contributed by atoms with Crippen molar-refractivity contribution in [2.75, 3.05) is 7.11 Å². The quantitative estimate of drug-likeness (QED) is 0.647. The van der Waals surface area contributed by atoms with Gasteiger partial charge in [0.25, 0.3) is 5.82 Å². The van der Waals surface area contributed by atoms with Gasteiger partial charge in [-0.2, -0.15) is 4.57 Å². The molecule has 2 aromatic carbocycles. The Labute approximate surface area is 149 Å². The summed E-state index contributed by atoms with van der Waals surface area (Å²) in [5.41, 5.74) is 5.08. The topological polar surface area (TPSA) is 18.0 Å². The first-order valence-electron chi connectivity index (χ1n) is 9.12. The molecule has 2 heterocycles. The SMILES string of the molecule is COc1ccc(-c2cn(-c3ccc(C)cc3)c3[n+]2CCCCC3)cc1. The van der Waals surface area contributed by atoms with E-state index in [2.05, 4.69) is 58.7 Å². The molecule has 0 fully saturated rings. The Morgan fingerprint density at radius 1 is 0.920 bits per heavy atom. The van der Waals surface area contributed by atoms with Crippen LogP contribution in [-0.4, -0.2) is 11.7 Å². The van der Waals surface area contributed by atoms with Gasteiger partial charge in [-0.1, -0.05) is 17.7 Å². The fraction of sp³-hybridized carbons (Fsp3) is 0.318. The summed E-state index contributed by atoms with van der Waals surface area (Å²) < 4.78 is 10.2. The molecule has 0 amide bonds. The first kappa shape index (κ1) is 15.9. The number of rotatable bonds is 3. The monoisotopic (exact) mass is 333 g/mol. The zero-order chi connectivity index (χ0) is 17.2. The number of nitrogens with zero attached hydrogens (tertiary/aromatic N) is 2. The van der Waals surface area contributed by atoms with Crippen molar-refractivity contribution in [2.24, 2.45) is 0 Å². The lowest BCUT2D eigenvalue weighted by molar-refractivity contribution is -0.692. The van der Waals surface area contributed by atoms with Crippen LogP contribution in [0.1, 0.15) is 30.7 Å². The van der Waals surface area contributed by atoms with Crippen LogP contribution in [0, 0.1) is 6.92 Å². The van der Waals surface area contributed by atoms with Gasteiger partial charge in [0.2, 0.25) is 0 Å². The van der Waals surface area contributed by atoms with Crippen molar-refractivity contribution in [1.29, 1.82) is 0 Å². The first-order valence-corrected chi connectivity index (χ1v) is 9.12. The summed E-state index contributed by atoms with van der Waals surface area (Å²) in [4.78, 5) is 0. The average molecular weight is 333 g/mol. The van der Waals surface area contributed by atoms with E-state index in [1.165, 1.54) is 47.6 Å². The number of aryl methyl sites for hydroxylation is 1. The van der Waals surface area contributed by atoms with Gasteiger partial charge in [0, 0.05) is 12.0 Å². The molecule has 0 spiro atoms. The minimum absolute atomic E-state index is 0.901. The number of imidazole rings is 1. The summed E-state index contributed by atoms with van der Waals surface area (Å²) in [5.74, 6) is 2.31. The highest BCUT2D eigenvalue weighted by Gasteiger charge is 2.26. The number of ether oxygens (including phenoxy) is 1. The Hall–Kier alpha value is -2.55. The number of methoxy groups -OCH3 is 1. The molecule has 0 unspecified atom stereocenters. The van der Waals surface area contributed by atoms with Gasteiger partial charge in [-0.05, 0) is 62.6 Å². The van der Waals surface area contributed by atoms with Crippen molar-refractivity contribution in [1.82, 2.24) is 4.57 Å². The summed E-state index contributed by atoms with van der Waals surface area (Å²) in [5, 5.41) is 0. The first-order chi connectivity index (χ1) is 12.3. The van der Waals surface area contributed by atoms with Crippen molar-refractivity contribution in [2.45, 2.75) is 39.2 Å². The molecule has 1 aromatic heterocycles. The van der Waals surface area contributed by atoms with Crippen LogP contribution < -0.4 is 9.30 Å². The minimum atomic E-state index is 0.901.